The molecule has 0 saturated heterocycles. The van der Waals surface area contributed by atoms with Crippen molar-refractivity contribution in [3.8, 4) is 11.5 Å². The fourth-order valence-electron chi connectivity index (χ4n) is 4.81. The van der Waals surface area contributed by atoms with Gasteiger partial charge in [-0.15, -0.1) is 5.10 Å². The third-order valence-electron chi connectivity index (χ3n) is 6.66. The van der Waals surface area contributed by atoms with Gasteiger partial charge in [0.15, 0.2) is 0 Å². The number of hydrogen-bond acceptors (Lipinski definition) is 7. The van der Waals surface area contributed by atoms with Gasteiger partial charge in [-0.05, 0) is 47.4 Å². The number of methoxy groups -OCH3 is 2. The average molecular weight is 520 g/mol. The van der Waals surface area contributed by atoms with E-state index in [2.05, 4.69) is 15.6 Å². The summed E-state index contributed by atoms with van der Waals surface area (Å²) in [4.78, 5) is 29.5. The zero-order valence-corrected chi connectivity index (χ0v) is 21.6. The summed E-state index contributed by atoms with van der Waals surface area (Å²) in [5.74, 6) is 0.491. The van der Waals surface area contributed by atoms with Crippen molar-refractivity contribution in [1.29, 1.82) is 0 Å². The number of benzene rings is 2. The van der Waals surface area contributed by atoms with Crippen LogP contribution in [0.4, 0.5) is 5.69 Å². The zero-order valence-electron chi connectivity index (χ0n) is 20.8. The Bertz CT molecular complexity index is 1360. The van der Waals surface area contributed by atoms with Crippen LogP contribution in [0, 0.1) is 0 Å². The lowest BCUT2D eigenvalue weighted by molar-refractivity contribution is -0.127. The van der Waals surface area contributed by atoms with E-state index in [0.717, 1.165) is 36.8 Å². The maximum atomic E-state index is 14.1. The molecule has 37 heavy (non-hydrogen) atoms. The second-order valence-corrected chi connectivity index (χ2v) is 9.80. The number of nitrogens with zero attached hydrogens (tertiary/aromatic N) is 4. The van der Waals surface area contributed by atoms with Crippen molar-refractivity contribution in [3.05, 3.63) is 64.9 Å². The van der Waals surface area contributed by atoms with Gasteiger partial charge >= 0.3 is 0 Å². The van der Waals surface area contributed by atoms with Gasteiger partial charge < -0.3 is 14.8 Å². The molecule has 2 amide bonds. The largest absolute Gasteiger partial charge is 0.497 e. The smallest absolute Gasteiger partial charge is 0.249 e. The van der Waals surface area contributed by atoms with Gasteiger partial charge in [-0.2, -0.15) is 11.3 Å². The third-order valence-corrected chi connectivity index (χ3v) is 7.36. The zero-order chi connectivity index (χ0) is 25.8. The quantitative estimate of drug-likeness (QED) is 0.353. The number of fused-ring (bicyclic) bond motifs is 1. The number of thiophene rings is 1. The molecule has 1 unspecified atom stereocenters. The Labute approximate surface area is 219 Å². The van der Waals surface area contributed by atoms with E-state index in [1.165, 1.54) is 16.2 Å². The first kappa shape index (κ1) is 24.8. The van der Waals surface area contributed by atoms with Crippen LogP contribution in [0.3, 0.4) is 0 Å². The average Bonchev–Trinajstić information content (AvgIpc) is 3.70. The van der Waals surface area contributed by atoms with Gasteiger partial charge in [0, 0.05) is 24.2 Å². The van der Waals surface area contributed by atoms with Crippen molar-refractivity contribution in [2.24, 2.45) is 0 Å². The van der Waals surface area contributed by atoms with E-state index >= 15 is 0 Å². The molecule has 4 aromatic rings. The van der Waals surface area contributed by atoms with E-state index in [1.54, 1.807) is 37.1 Å². The molecule has 9 nitrogen and oxygen atoms in total. The lowest BCUT2D eigenvalue weighted by Gasteiger charge is -2.32. The van der Waals surface area contributed by atoms with Crippen molar-refractivity contribution < 1.29 is 19.1 Å². The Morgan fingerprint density at radius 3 is 2.51 bits per heavy atom. The minimum absolute atomic E-state index is 0.0998. The maximum Gasteiger partial charge on any atom is 0.249 e. The summed E-state index contributed by atoms with van der Waals surface area (Å²) in [6, 6.07) is 13.8. The van der Waals surface area contributed by atoms with Crippen LogP contribution in [-0.2, 0) is 16.1 Å². The highest BCUT2D eigenvalue weighted by molar-refractivity contribution is 7.08. The summed E-state index contributed by atoms with van der Waals surface area (Å²) >= 11 is 1.48. The lowest BCUT2D eigenvalue weighted by atomic mass is 10.1. The topological polar surface area (TPSA) is 98.6 Å². The summed E-state index contributed by atoms with van der Waals surface area (Å²) in [7, 11) is 3.10. The van der Waals surface area contributed by atoms with Crippen LogP contribution >= 0.6 is 11.3 Å². The highest BCUT2D eigenvalue weighted by atomic mass is 32.1. The van der Waals surface area contributed by atoms with E-state index in [4.69, 9.17) is 9.47 Å². The first-order valence-corrected chi connectivity index (χ1v) is 13.2. The fourth-order valence-corrected chi connectivity index (χ4v) is 5.48. The maximum absolute atomic E-state index is 14.1. The summed E-state index contributed by atoms with van der Waals surface area (Å²) in [5.41, 5.74) is 2.65. The Balaban J connectivity index is 1.59. The Morgan fingerprint density at radius 1 is 1.11 bits per heavy atom. The summed E-state index contributed by atoms with van der Waals surface area (Å²) in [6.45, 7) is -0.0998. The third kappa shape index (κ3) is 5.29. The predicted molar refractivity (Wildman–Crippen MR) is 142 cm³/mol. The van der Waals surface area contributed by atoms with Gasteiger partial charge in [-0.3, -0.25) is 14.5 Å². The Hall–Kier alpha value is -3.92. The molecule has 1 aliphatic carbocycles. The minimum Gasteiger partial charge on any atom is -0.497 e. The number of aromatic nitrogens is 3. The number of anilines is 1. The van der Waals surface area contributed by atoms with Crippen LogP contribution in [0.15, 0.2) is 59.3 Å². The lowest BCUT2D eigenvalue weighted by Crippen LogP contribution is -2.47. The molecule has 2 heterocycles. The molecule has 1 saturated carbocycles. The Kier molecular flexibility index (Phi) is 7.36. The molecule has 1 aliphatic rings. The van der Waals surface area contributed by atoms with E-state index < -0.39 is 6.04 Å². The second-order valence-electron chi connectivity index (χ2n) is 9.02. The number of hydrogen-bond donors (Lipinski definition) is 1. The first-order valence-electron chi connectivity index (χ1n) is 12.2. The Morgan fingerprint density at radius 2 is 1.84 bits per heavy atom. The second kappa shape index (κ2) is 11.0. The molecule has 10 heteroatoms. The number of amides is 2. The predicted octanol–water partition coefficient (Wildman–Crippen LogP) is 4.34. The van der Waals surface area contributed by atoms with Crippen LogP contribution in [0.25, 0.3) is 11.0 Å². The molecule has 0 spiro atoms. The van der Waals surface area contributed by atoms with E-state index in [1.807, 2.05) is 41.1 Å². The van der Waals surface area contributed by atoms with Crippen molar-refractivity contribution in [3.63, 3.8) is 0 Å². The van der Waals surface area contributed by atoms with Crippen molar-refractivity contribution >= 4 is 39.9 Å². The summed E-state index contributed by atoms with van der Waals surface area (Å²) < 4.78 is 12.5. The highest BCUT2D eigenvalue weighted by Crippen LogP contribution is 2.35. The summed E-state index contributed by atoms with van der Waals surface area (Å²) in [5, 5.41) is 15.4. The van der Waals surface area contributed by atoms with Gasteiger partial charge in [-0.1, -0.05) is 30.2 Å². The SMILES string of the molecule is COc1cc(OC)cc(N(C(=O)Cn2nnc3ccccc32)C(C(=O)NC2CCCC2)c2ccsc2)c1. The number of ether oxygens (including phenoxy) is 2. The monoisotopic (exact) mass is 519 g/mol. The van der Waals surface area contributed by atoms with Crippen molar-refractivity contribution in [1.82, 2.24) is 20.3 Å². The van der Waals surface area contributed by atoms with Gasteiger partial charge in [0.1, 0.15) is 29.6 Å². The number of carbonyl (C=O) groups excluding carboxylic acids is 2. The first-order chi connectivity index (χ1) is 18.1. The molecule has 5 rings (SSSR count). The van der Waals surface area contributed by atoms with E-state index in [0.29, 0.717) is 22.7 Å². The summed E-state index contributed by atoms with van der Waals surface area (Å²) in [6.07, 6.45) is 4.05. The van der Waals surface area contributed by atoms with E-state index in [-0.39, 0.29) is 24.4 Å². The molecule has 192 valence electrons. The van der Waals surface area contributed by atoms with Crippen LogP contribution < -0.4 is 19.7 Å². The molecular weight excluding hydrogens is 490 g/mol. The molecule has 2 aromatic heterocycles. The molecule has 1 atom stereocenters. The highest BCUT2D eigenvalue weighted by Gasteiger charge is 2.35. The molecule has 0 radical (unpaired) electrons. The molecule has 1 N–H and O–H groups in total. The molecular formula is C27H29N5O4S. The van der Waals surface area contributed by atoms with Crippen LogP contribution in [0.2, 0.25) is 0 Å². The minimum atomic E-state index is -0.883. The van der Waals surface area contributed by atoms with Crippen molar-refractivity contribution in [2.45, 2.75) is 44.3 Å². The van der Waals surface area contributed by atoms with Gasteiger partial charge in [0.05, 0.1) is 25.4 Å². The van der Waals surface area contributed by atoms with Crippen LogP contribution in [0.1, 0.15) is 37.3 Å². The van der Waals surface area contributed by atoms with Crippen LogP contribution in [-0.4, -0.2) is 47.1 Å². The molecule has 1 fully saturated rings. The molecule has 0 aliphatic heterocycles. The fraction of sp³-hybridized carbons (Fsp3) is 0.333. The van der Waals surface area contributed by atoms with Gasteiger partial charge in [-0.25, -0.2) is 4.68 Å². The number of para-hydroxylation sites is 1. The van der Waals surface area contributed by atoms with Crippen LogP contribution in [0.5, 0.6) is 11.5 Å². The number of rotatable bonds is 9. The van der Waals surface area contributed by atoms with Gasteiger partial charge in [0.25, 0.3) is 0 Å². The van der Waals surface area contributed by atoms with E-state index in [9.17, 15) is 9.59 Å². The van der Waals surface area contributed by atoms with Crippen molar-refractivity contribution in [2.75, 3.05) is 19.1 Å². The standard InChI is InChI=1S/C27H29N5O4S/c1-35-21-13-20(14-22(15-21)36-2)32(25(33)16-31-24-10-6-5-9-23(24)29-30-31)26(18-11-12-37-17-18)27(34)28-19-7-3-4-8-19/h5-6,9-15,17,19,26H,3-4,7-8,16H2,1-2H3,(H,28,34). The van der Waals surface area contributed by atoms with Gasteiger partial charge in [0.2, 0.25) is 11.8 Å². The molecule has 0 bridgehead atoms. The molecule has 2 aromatic carbocycles. The number of carbonyl (C=O) groups is 2. The number of nitrogens with one attached hydrogen (secondary N) is 1. The normalized spacial score (nSPS) is 14.4.